The lowest BCUT2D eigenvalue weighted by atomic mass is 10.2. The highest BCUT2D eigenvalue weighted by atomic mass is 79.9. The van der Waals surface area contributed by atoms with Crippen LogP contribution in [0.25, 0.3) is 10.9 Å². The number of aliphatic hydroxyl groups excluding tert-OH is 1. The van der Waals surface area contributed by atoms with E-state index in [1.54, 1.807) is 0 Å². The summed E-state index contributed by atoms with van der Waals surface area (Å²) in [6.07, 6.45) is 0. The maximum atomic E-state index is 8.89. The van der Waals surface area contributed by atoms with Crippen LogP contribution in [0.3, 0.4) is 0 Å². The molecule has 0 atom stereocenters. The Labute approximate surface area is 84.4 Å². The number of hydrogen-bond donors (Lipinski definition) is 1. The molecule has 0 radical (unpaired) electrons. The fraction of sp³-hybridized carbons (Fsp3) is 0.100. The second kappa shape index (κ2) is 3.44. The molecular formula is C10H8BrNO. The molecule has 0 saturated carbocycles. The molecule has 0 aliphatic carbocycles. The lowest BCUT2D eigenvalue weighted by Crippen LogP contribution is -1.89. The molecule has 0 aliphatic rings. The van der Waals surface area contributed by atoms with Gasteiger partial charge >= 0.3 is 0 Å². The van der Waals surface area contributed by atoms with Crippen molar-refractivity contribution >= 4 is 26.8 Å². The van der Waals surface area contributed by atoms with Gasteiger partial charge in [0.15, 0.2) is 0 Å². The highest BCUT2D eigenvalue weighted by molar-refractivity contribution is 9.10. The molecule has 2 rings (SSSR count). The summed E-state index contributed by atoms with van der Waals surface area (Å²) in [5.41, 5.74) is 1.60. The average Bonchev–Trinajstić information content (AvgIpc) is 2.18. The van der Waals surface area contributed by atoms with Gasteiger partial charge in [-0.05, 0) is 24.3 Å². The van der Waals surface area contributed by atoms with Crippen molar-refractivity contribution in [1.82, 2.24) is 4.98 Å². The lowest BCUT2D eigenvalue weighted by Gasteiger charge is -2.01. The number of benzene rings is 1. The maximum absolute atomic E-state index is 8.89. The van der Waals surface area contributed by atoms with E-state index >= 15 is 0 Å². The zero-order valence-corrected chi connectivity index (χ0v) is 8.45. The summed E-state index contributed by atoms with van der Waals surface area (Å²) < 4.78 is 1.03. The highest BCUT2D eigenvalue weighted by Gasteiger charge is 1.99. The zero-order chi connectivity index (χ0) is 9.26. The van der Waals surface area contributed by atoms with Crippen molar-refractivity contribution in [2.75, 3.05) is 0 Å². The fourth-order valence-corrected chi connectivity index (χ4v) is 1.74. The second-order valence-electron chi connectivity index (χ2n) is 2.77. The Balaban J connectivity index is 2.72. The largest absolute Gasteiger partial charge is 0.390 e. The number of rotatable bonds is 1. The topological polar surface area (TPSA) is 33.1 Å². The van der Waals surface area contributed by atoms with Gasteiger partial charge in [0.2, 0.25) is 0 Å². The molecule has 0 amide bonds. The van der Waals surface area contributed by atoms with Crippen molar-refractivity contribution in [3.8, 4) is 0 Å². The van der Waals surface area contributed by atoms with Crippen LogP contribution in [0.4, 0.5) is 0 Å². The van der Waals surface area contributed by atoms with Gasteiger partial charge in [-0.1, -0.05) is 22.0 Å². The monoisotopic (exact) mass is 237 g/mol. The van der Waals surface area contributed by atoms with Crippen LogP contribution in [0.2, 0.25) is 0 Å². The quantitative estimate of drug-likeness (QED) is 0.827. The Kier molecular flexibility index (Phi) is 2.29. The minimum absolute atomic E-state index is 0.0115. The van der Waals surface area contributed by atoms with Gasteiger partial charge < -0.3 is 5.11 Å². The number of nitrogens with zero attached hydrogens (tertiary/aromatic N) is 1. The minimum atomic E-state index is -0.0115. The van der Waals surface area contributed by atoms with Crippen LogP contribution >= 0.6 is 15.9 Å². The summed E-state index contributed by atoms with van der Waals surface area (Å²) in [5, 5.41) is 9.96. The van der Waals surface area contributed by atoms with Crippen molar-refractivity contribution in [3.63, 3.8) is 0 Å². The molecular weight excluding hydrogens is 230 g/mol. The number of hydrogen-bond acceptors (Lipinski definition) is 2. The van der Waals surface area contributed by atoms with E-state index in [1.807, 2.05) is 30.3 Å². The van der Waals surface area contributed by atoms with Gasteiger partial charge in [0.1, 0.15) is 0 Å². The second-order valence-corrected chi connectivity index (χ2v) is 3.62. The standard InChI is InChI=1S/C10H8BrNO/c11-9-2-1-3-10-8(9)5-4-7(6-13)12-10/h1-5,13H,6H2. The first-order valence-electron chi connectivity index (χ1n) is 3.96. The minimum Gasteiger partial charge on any atom is -0.390 e. The van der Waals surface area contributed by atoms with E-state index in [0.717, 1.165) is 15.4 Å². The summed E-state index contributed by atoms with van der Waals surface area (Å²) in [7, 11) is 0. The Hall–Kier alpha value is -0.930. The number of aliphatic hydroxyl groups is 1. The van der Waals surface area contributed by atoms with Gasteiger partial charge in [0, 0.05) is 9.86 Å². The highest BCUT2D eigenvalue weighted by Crippen LogP contribution is 2.22. The van der Waals surface area contributed by atoms with Crippen LogP contribution in [0.1, 0.15) is 5.69 Å². The molecule has 2 aromatic rings. The third-order valence-corrected chi connectivity index (χ3v) is 2.59. The first-order chi connectivity index (χ1) is 6.31. The van der Waals surface area contributed by atoms with Gasteiger partial charge in [-0.3, -0.25) is 4.98 Å². The molecule has 1 heterocycles. The number of fused-ring (bicyclic) bond motifs is 1. The molecule has 0 fully saturated rings. The molecule has 13 heavy (non-hydrogen) atoms. The molecule has 0 spiro atoms. The number of pyridine rings is 1. The maximum Gasteiger partial charge on any atom is 0.0853 e. The molecule has 0 saturated heterocycles. The van der Waals surface area contributed by atoms with Crippen molar-refractivity contribution in [1.29, 1.82) is 0 Å². The van der Waals surface area contributed by atoms with Crippen LogP contribution in [-0.2, 0) is 6.61 Å². The predicted molar refractivity (Wildman–Crippen MR) is 55.4 cm³/mol. The van der Waals surface area contributed by atoms with Gasteiger partial charge in [-0.25, -0.2) is 0 Å². The van der Waals surface area contributed by atoms with E-state index in [2.05, 4.69) is 20.9 Å². The first-order valence-corrected chi connectivity index (χ1v) is 4.75. The molecule has 0 unspecified atom stereocenters. The average molecular weight is 238 g/mol. The van der Waals surface area contributed by atoms with Crippen molar-refractivity contribution in [2.45, 2.75) is 6.61 Å². The third kappa shape index (κ3) is 1.57. The van der Waals surface area contributed by atoms with E-state index in [-0.39, 0.29) is 6.61 Å². The molecule has 66 valence electrons. The van der Waals surface area contributed by atoms with E-state index in [1.165, 1.54) is 0 Å². The Bertz CT molecular complexity index is 442. The molecule has 1 aromatic heterocycles. The normalized spacial score (nSPS) is 10.6. The van der Waals surface area contributed by atoms with Crippen LogP contribution in [-0.4, -0.2) is 10.1 Å². The van der Waals surface area contributed by atoms with Gasteiger partial charge in [-0.2, -0.15) is 0 Å². The van der Waals surface area contributed by atoms with Gasteiger partial charge in [0.05, 0.1) is 17.8 Å². The SMILES string of the molecule is OCc1ccc2c(Br)cccc2n1. The van der Waals surface area contributed by atoms with E-state index in [0.29, 0.717) is 5.69 Å². The third-order valence-electron chi connectivity index (χ3n) is 1.90. The summed E-state index contributed by atoms with van der Waals surface area (Å²) in [6, 6.07) is 9.62. The first kappa shape index (κ1) is 8.66. The molecule has 0 bridgehead atoms. The van der Waals surface area contributed by atoms with Crippen LogP contribution in [0, 0.1) is 0 Å². The zero-order valence-electron chi connectivity index (χ0n) is 6.87. The van der Waals surface area contributed by atoms with Gasteiger partial charge in [0.25, 0.3) is 0 Å². The van der Waals surface area contributed by atoms with Crippen molar-refractivity contribution in [2.24, 2.45) is 0 Å². The molecule has 1 N–H and O–H groups in total. The smallest absolute Gasteiger partial charge is 0.0853 e. The Morgan fingerprint density at radius 3 is 2.85 bits per heavy atom. The van der Waals surface area contributed by atoms with Crippen molar-refractivity contribution in [3.05, 3.63) is 40.5 Å². The van der Waals surface area contributed by atoms with E-state index < -0.39 is 0 Å². The van der Waals surface area contributed by atoms with Crippen LogP contribution < -0.4 is 0 Å². The summed E-state index contributed by atoms with van der Waals surface area (Å²) >= 11 is 3.44. The number of halogens is 1. The summed E-state index contributed by atoms with van der Waals surface area (Å²) in [5.74, 6) is 0. The molecule has 3 heteroatoms. The van der Waals surface area contributed by atoms with Crippen LogP contribution in [0.15, 0.2) is 34.8 Å². The lowest BCUT2D eigenvalue weighted by molar-refractivity contribution is 0.277. The summed E-state index contributed by atoms with van der Waals surface area (Å²) in [6.45, 7) is -0.0115. The van der Waals surface area contributed by atoms with E-state index in [9.17, 15) is 0 Å². The van der Waals surface area contributed by atoms with Crippen molar-refractivity contribution < 1.29 is 5.11 Å². The van der Waals surface area contributed by atoms with Crippen LogP contribution in [0.5, 0.6) is 0 Å². The Morgan fingerprint density at radius 1 is 1.23 bits per heavy atom. The molecule has 0 aliphatic heterocycles. The molecule has 1 aromatic carbocycles. The fourth-order valence-electron chi connectivity index (χ4n) is 1.25. The van der Waals surface area contributed by atoms with Gasteiger partial charge in [-0.15, -0.1) is 0 Å². The molecule has 2 nitrogen and oxygen atoms in total. The predicted octanol–water partition coefficient (Wildman–Crippen LogP) is 2.49. The number of aromatic nitrogens is 1. The van der Waals surface area contributed by atoms with E-state index in [4.69, 9.17) is 5.11 Å². The summed E-state index contributed by atoms with van der Waals surface area (Å²) in [4.78, 5) is 4.27. The Morgan fingerprint density at radius 2 is 2.08 bits per heavy atom.